The highest BCUT2D eigenvalue weighted by Gasteiger charge is 2.32. The van der Waals surface area contributed by atoms with Crippen LogP contribution in [0, 0.1) is 6.92 Å². The number of carbonyl (C=O) groups excluding carboxylic acids is 2. The molecule has 0 heterocycles. The Morgan fingerprint density at radius 2 is 1.75 bits per heavy atom. The minimum atomic E-state index is -1.07. The van der Waals surface area contributed by atoms with E-state index in [1.54, 1.807) is 33.8 Å². The predicted octanol–water partition coefficient (Wildman–Crippen LogP) is 3.68. The van der Waals surface area contributed by atoms with Gasteiger partial charge in [0.05, 0.1) is 13.2 Å². The highest BCUT2D eigenvalue weighted by Crippen LogP contribution is 2.27. The second-order valence-electron chi connectivity index (χ2n) is 5.89. The maximum absolute atomic E-state index is 11.9. The molecule has 0 bridgehead atoms. The average molecular weight is 334 g/mol. The predicted molar refractivity (Wildman–Crippen MR) is 92.8 cm³/mol. The van der Waals surface area contributed by atoms with E-state index in [1.165, 1.54) is 6.08 Å². The summed E-state index contributed by atoms with van der Waals surface area (Å²) in [4.78, 5) is 23.5. The van der Waals surface area contributed by atoms with Crippen LogP contribution < -0.4 is 4.74 Å². The van der Waals surface area contributed by atoms with Crippen molar-refractivity contribution in [1.29, 1.82) is 0 Å². The first kappa shape index (κ1) is 19.7. The SMILES string of the molecule is CCOC(=O)/C=C(/C)c1ccc(OC(C)(C)C(=O)OCC)c(C)c1. The van der Waals surface area contributed by atoms with E-state index in [0.717, 1.165) is 16.7 Å². The van der Waals surface area contributed by atoms with Crippen LogP contribution in [-0.4, -0.2) is 30.8 Å². The fourth-order valence-electron chi connectivity index (χ4n) is 2.07. The lowest BCUT2D eigenvalue weighted by Gasteiger charge is -2.25. The molecule has 0 spiro atoms. The molecule has 0 aliphatic carbocycles. The van der Waals surface area contributed by atoms with Crippen molar-refractivity contribution in [2.45, 2.75) is 47.1 Å². The number of aryl methyl sites for hydroxylation is 1. The second-order valence-corrected chi connectivity index (χ2v) is 5.89. The van der Waals surface area contributed by atoms with Crippen LogP contribution in [0.1, 0.15) is 45.7 Å². The van der Waals surface area contributed by atoms with Crippen molar-refractivity contribution in [2.24, 2.45) is 0 Å². The Bertz CT molecular complexity index is 629. The van der Waals surface area contributed by atoms with E-state index < -0.39 is 11.6 Å². The summed E-state index contributed by atoms with van der Waals surface area (Å²) >= 11 is 0. The molecular weight excluding hydrogens is 308 g/mol. The van der Waals surface area contributed by atoms with Crippen LogP contribution in [0.25, 0.3) is 5.57 Å². The van der Waals surface area contributed by atoms with Gasteiger partial charge in [0.2, 0.25) is 0 Å². The molecule has 1 rings (SSSR count). The Kier molecular flexibility index (Phi) is 7.01. The summed E-state index contributed by atoms with van der Waals surface area (Å²) in [7, 11) is 0. The molecule has 0 unspecified atom stereocenters. The molecule has 5 heteroatoms. The van der Waals surface area contributed by atoms with E-state index in [0.29, 0.717) is 19.0 Å². The minimum absolute atomic E-state index is 0.307. The average Bonchev–Trinajstić information content (AvgIpc) is 2.49. The minimum Gasteiger partial charge on any atom is -0.476 e. The van der Waals surface area contributed by atoms with Gasteiger partial charge in [-0.2, -0.15) is 0 Å². The molecular formula is C19H26O5. The largest absolute Gasteiger partial charge is 0.476 e. The first-order valence-electron chi connectivity index (χ1n) is 8.03. The lowest BCUT2D eigenvalue weighted by atomic mass is 10.0. The van der Waals surface area contributed by atoms with Crippen molar-refractivity contribution >= 4 is 17.5 Å². The third-order valence-corrected chi connectivity index (χ3v) is 3.38. The Hall–Kier alpha value is -2.30. The molecule has 0 radical (unpaired) electrons. The normalized spacial score (nSPS) is 11.8. The van der Waals surface area contributed by atoms with Crippen molar-refractivity contribution in [3.05, 3.63) is 35.4 Å². The molecule has 0 aromatic heterocycles. The Balaban J connectivity index is 2.96. The van der Waals surface area contributed by atoms with Crippen LogP contribution in [-0.2, 0) is 19.1 Å². The van der Waals surface area contributed by atoms with Gasteiger partial charge in [-0.25, -0.2) is 9.59 Å². The van der Waals surface area contributed by atoms with Crippen molar-refractivity contribution in [2.75, 3.05) is 13.2 Å². The standard InChI is InChI=1S/C19H26O5/c1-7-22-17(20)12-13(3)15-9-10-16(14(4)11-15)24-19(5,6)18(21)23-8-2/h9-12H,7-8H2,1-6H3/b13-12-. The van der Waals surface area contributed by atoms with E-state index >= 15 is 0 Å². The molecule has 0 fully saturated rings. The molecule has 1 aromatic carbocycles. The summed E-state index contributed by atoms with van der Waals surface area (Å²) in [6.07, 6.45) is 1.46. The lowest BCUT2D eigenvalue weighted by Crippen LogP contribution is -2.39. The van der Waals surface area contributed by atoms with Crippen LogP contribution in [0.15, 0.2) is 24.3 Å². The van der Waals surface area contributed by atoms with Gasteiger partial charge in [-0.05, 0) is 70.4 Å². The van der Waals surface area contributed by atoms with Crippen LogP contribution in [0.4, 0.5) is 0 Å². The zero-order valence-corrected chi connectivity index (χ0v) is 15.3. The number of ether oxygens (including phenoxy) is 3. The zero-order valence-electron chi connectivity index (χ0n) is 15.3. The number of rotatable bonds is 7. The summed E-state index contributed by atoms with van der Waals surface area (Å²) in [6.45, 7) is 11.2. The topological polar surface area (TPSA) is 61.8 Å². The van der Waals surface area contributed by atoms with E-state index in [4.69, 9.17) is 14.2 Å². The molecule has 24 heavy (non-hydrogen) atoms. The molecule has 0 N–H and O–H groups in total. The third kappa shape index (κ3) is 5.41. The van der Waals surface area contributed by atoms with Gasteiger partial charge in [-0.3, -0.25) is 0 Å². The van der Waals surface area contributed by atoms with Gasteiger partial charge in [0, 0.05) is 6.08 Å². The molecule has 132 valence electrons. The third-order valence-electron chi connectivity index (χ3n) is 3.38. The fourth-order valence-corrected chi connectivity index (χ4v) is 2.07. The van der Waals surface area contributed by atoms with Gasteiger partial charge in [-0.15, -0.1) is 0 Å². The molecule has 0 saturated heterocycles. The highest BCUT2D eigenvalue weighted by molar-refractivity contribution is 5.91. The summed E-state index contributed by atoms with van der Waals surface area (Å²) < 4.78 is 15.8. The van der Waals surface area contributed by atoms with E-state index in [1.807, 2.05) is 26.0 Å². The number of hydrogen-bond donors (Lipinski definition) is 0. The van der Waals surface area contributed by atoms with Gasteiger partial charge >= 0.3 is 11.9 Å². The fraction of sp³-hybridized carbons (Fsp3) is 0.474. The van der Waals surface area contributed by atoms with Gasteiger partial charge in [0.1, 0.15) is 5.75 Å². The van der Waals surface area contributed by atoms with Crippen molar-refractivity contribution < 1.29 is 23.8 Å². The van der Waals surface area contributed by atoms with E-state index in [9.17, 15) is 9.59 Å². The Morgan fingerprint density at radius 1 is 1.12 bits per heavy atom. The summed E-state index contributed by atoms with van der Waals surface area (Å²) in [6, 6.07) is 5.53. The molecule has 0 saturated carbocycles. The van der Waals surface area contributed by atoms with Gasteiger partial charge in [0.15, 0.2) is 5.60 Å². The molecule has 5 nitrogen and oxygen atoms in total. The van der Waals surface area contributed by atoms with Crippen LogP contribution in [0.5, 0.6) is 5.75 Å². The number of hydrogen-bond acceptors (Lipinski definition) is 5. The first-order chi connectivity index (χ1) is 11.2. The summed E-state index contributed by atoms with van der Waals surface area (Å²) in [5.41, 5.74) is 1.48. The summed E-state index contributed by atoms with van der Waals surface area (Å²) in [5.74, 6) is -0.177. The summed E-state index contributed by atoms with van der Waals surface area (Å²) in [5, 5.41) is 0. The monoisotopic (exact) mass is 334 g/mol. The van der Waals surface area contributed by atoms with Crippen molar-refractivity contribution in [3.8, 4) is 5.75 Å². The van der Waals surface area contributed by atoms with Crippen LogP contribution >= 0.6 is 0 Å². The smallest absolute Gasteiger partial charge is 0.349 e. The first-order valence-corrected chi connectivity index (χ1v) is 8.03. The van der Waals surface area contributed by atoms with Crippen LogP contribution in [0.3, 0.4) is 0 Å². The Morgan fingerprint density at radius 3 is 2.29 bits per heavy atom. The number of allylic oxidation sites excluding steroid dienone is 1. The number of esters is 2. The quantitative estimate of drug-likeness (QED) is 0.562. The van der Waals surface area contributed by atoms with Gasteiger partial charge in [-0.1, -0.05) is 6.07 Å². The highest BCUT2D eigenvalue weighted by atomic mass is 16.6. The molecule has 0 atom stereocenters. The Labute approximate surface area is 143 Å². The molecule has 0 aliphatic heterocycles. The van der Waals surface area contributed by atoms with Gasteiger partial charge in [0.25, 0.3) is 0 Å². The number of benzene rings is 1. The maximum Gasteiger partial charge on any atom is 0.349 e. The zero-order chi connectivity index (χ0) is 18.3. The second kappa shape index (κ2) is 8.52. The molecule has 1 aromatic rings. The van der Waals surface area contributed by atoms with E-state index in [2.05, 4.69) is 0 Å². The van der Waals surface area contributed by atoms with Crippen LogP contribution in [0.2, 0.25) is 0 Å². The maximum atomic E-state index is 11.9. The number of carbonyl (C=O) groups is 2. The van der Waals surface area contributed by atoms with Crippen molar-refractivity contribution in [3.63, 3.8) is 0 Å². The lowest BCUT2D eigenvalue weighted by molar-refractivity contribution is -0.158. The van der Waals surface area contributed by atoms with Crippen molar-refractivity contribution in [1.82, 2.24) is 0 Å². The molecule has 0 aliphatic rings. The van der Waals surface area contributed by atoms with Gasteiger partial charge < -0.3 is 14.2 Å². The molecule has 0 amide bonds. The van der Waals surface area contributed by atoms with E-state index in [-0.39, 0.29) is 5.97 Å².